The molecular weight excluding hydrogens is 220 g/mol. The molecule has 0 spiro atoms. The molecule has 0 aliphatic heterocycles. The number of benzene rings is 2. The van der Waals surface area contributed by atoms with E-state index < -0.39 is 0 Å². The van der Waals surface area contributed by atoms with Gasteiger partial charge in [0.2, 0.25) is 0 Å². The summed E-state index contributed by atoms with van der Waals surface area (Å²) in [7, 11) is 0. The zero-order valence-electron chi connectivity index (χ0n) is 8.78. The number of hydrogen-bond acceptors (Lipinski definition) is 2. The molecular formula is C13H13ClN2. The fourth-order valence-corrected chi connectivity index (χ4v) is 1.66. The second kappa shape index (κ2) is 4.90. The molecule has 0 atom stereocenters. The van der Waals surface area contributed by atoms with Gasteiger partial charge in [0.1, 0.15) is 0 Å². The lowest BCUT2D eigenvalue weighted by molar-refractivity contribution is 1.15. The lowest BCUT2D eigenvalue weighted by Gasteiger charge is -2.06. The van der Waals surface area contributed by atoms with Crippen molar-refractivity contribution >= 4 is 23.0 Å². The molecule has 0 unspecified atom stereocenters. The minimum atomic E-state index is 0.754. The van der Waals surface area contributed by atoms with Crippen LogP contribution in [0.15, 0.2) is 48.5 Å². The average molecular weight is 233 g/mol. The molecule has 2 aromatic rings. The minimum Gasteiger partial charge on any atom is -0.399 e. The molecule has 2 nitrogen and oxygen atoms in total. The summed E-state index contributed by atoms with van der Waals surface area (Å²) < 4.78 is 0. The quantitative estimate of drug-likeness (QED) is 0.795. The minimum absolute atomic E-state index is 0.754. The van der Waals surface area contributed by atoms with Crippen LogP contribution in [0.1, 0.15) is 5.56 Å². The third kappa shape index (κ3) is 2.91. The van der Waals surface area contributed by atoms with Crippen LogP contribution in [0.5, 0.6) is 0 Å². The Hall–Kier alpha value is -1.67. The molecule has 0 amide bonds. The highest BCUT2D eigenvalue weighted by atomic mass is 35.5. The molecule has 0 saturated heterocycles. The van der Waals surface area contributed by atoms with Crippen LogP contribution in [0.3, 0.4) is 0 Å². The van der Waals surface area contributed by atoms with Crippen molar-refractivity contribution < 1.29 is 0 Å². The van der Waals surface area contributed by atoms with Crippen LogP contribution in [-0.2, 0) is 6.54 Å². The van der Waals surface area contributed by atoms with Gasteiger partial charge in [-0.05, 0) is 42.0 Å². The number of nitrogen functional groups attached to an aromatic ring is 1. The maximum atomic E-state index is 5.90. The number of nitrogens with one attached hydrogen (secondary N) is 1. The highest BCUT2D eigenvalue weighted by molar-refractivity contribution is 6.30. The Balaban J connectivity index is 1.99. The summed E-state index contributed by atoms with van der Waals surface area (Å²) in [6, 6.07) is 15.5. The smallest absolute Gasteiger partial charge is 0.0409 e. The van der Waals surface area contributed by atoms with Gasteiger partial charge in [-0.15, -0.1) is 0 Å². The first kappa shape index (κ1) is 10.8. The first-order chi connectivity index (χ1) is 7.74. The molecule has 0 heterocycles. The van der Waals surface area contributed by atoms with Crippen LogP contribution in [0.2, 0.25) is 5.02 Å². The summed E-state index contributed by atoms with van der Waals surface area (Å²) >= 11 is 5.90. The van der Waals surface area contributed by atoms with Gasteiger partial charge in [-0.2, -0.15) is 0 Å². The largest absolute Gasteiger partial charge is 0.399 e. The molecule has 0 radical (unpaired) electrons. The predicted molar refractivity (Wildman–Crippen MR) is 69.6 cm³/mol. The average Bonchev–Trinajstić information content (AvgIpc) is 2.28. The summed E-state index contributed by atoms with van der Waals surface area (Å²) in [6.07, 6.45) is 0. The predicted octanol–water partition coefficient (Wildman–Crippen LogP) is 3.53. The van der Waals surface area contributed by atoms with Gasteiger partial charge >= 0.3 is 0 Å². The molecule has 16 heavy (non-hydrogen) atoms. The standard InChI is InChI=1S/C13H13ClN2/c14-11-3-1-2-10(8-11)9-16-13-6-4-12(15)5-7-13/h1-8,16H,9,15H2. The van der Waals surface area contributed by atoms with Crippen molar-refractivity contribution in [1.29, 1.82) is 0 Å². The van der Waals surface area contributed by atoms with Gasteiger partial charge in [-0.25, -0.2) is 0 Å². The van der Waals surface area contributed by atoms with Crippen LogP contribution < -0.4 is 11.1 Å². The van der Waals surface area contributed by atoms with E-state index >= 15 is 0 Å². The van der Waals surface area contributed by atoms with Gasteiger partial charge in [0.05, 0.1) is 0 Å². The molecule has 0 aliphatic carbocycles. The van der Waals surface area contributed by atoms with Crippen molar-refractivity contribution in [2.75, 3.05) is 11.1 Å². The first-order valence-corrected chi connectivity index (χ1v) is 5.46. The Kier molecular flexibility index (Phi) is 3.32. The molecule has 0 fully saturated rings. The van der Waals surface area contributed by atoms with Gasteiger partial charge in [0.25, 0.3) is 0 Å². The second-order valence-corrected chi connectivity index (χ2v) is 4.04. The molecule has 3 heteroatoms. The summed E-state index contributed by atoms with van der Waals surface area (Å²) in [5.41, 5.74) is 8.59. The summed E-state index contributed by atoms with van der Waals surface area (Å²) in [5.74, 6) is 0. The SMILES string of the molecule is Nc1ccc(NCc2cccc(Cl)c2)cc1. The maximum Gasteiger partial charge on any atom is 0.0409 e. The van der Waals surface area contributed by atoms with Gasteiger partial charge in [0, 0.05) is 22.9 Å². The lowest BCUT2D eigenvalue weighted by atomic mass is 10.2. The second-order valence-electron chi connectivity index (χ2n) is 3.61. The monoisotopic (exact) mass is 232 g/mol. The molecule has 0 bridgehead atoms. The summed E-state index contributed by atoms with van der Waals surface area (Å²) in [6.45, 7) is 0.754. The lowest BCUT2D eigenvalue weighted by Crippen LogP contribution is -1.99. The number of nitrogens with two attached hydrogens (primary N) is 1. The molecule has 0 saturated carbocycles. The summed E-state index contributed by atoms with van der Waals surface area (Å²) in [5, 5.41) is 4.06. The number of anilines is 2. The summed E-state index contributed by atoms with van der Waals surface area (Å²) in [4.78, 5) is 0. The van der Waals surface area contributed by atoms with Crippen LogP contribution in [-0.4, -0.2) is 0 Å². The van der Waals surface area contributed by atoms with E-state index in [9.17, 15) is 0 Å². The van der Waals surface area contributed by atoms with Gasteiger partial charge in [-0.1, -0.05) is 23.7 Å². The van der Waals surface area contributed by atoms with E-state index in [1.807, 2.05) is 48.5 Å². The van der Waals surface area contributed by atoms with Crippen molar-refractivity contribution in [2.45, 2.75) is 6.54 Å². The molecule has 0 aromatic heterocycles. The van der Waals surface area contributed by atoms with Crippen LogP contribution in [0.4, 0.5) is 11.4 Å². The van der Waals surface area contributed by atoms with E-state index in [0.717, 1.165) is 28.5 Å². The normalized spacial score (nSPS) is 10.1. The van der Waals surface area contributed by atoms with Crippen molar-refractivity contribution in [1.82, 2.24) is 0 Å². The van der Waals surface area contributed by atoms with E-state index in [-0.39, 0.29) is 0 Å². The third-order valence-electron chi connectivity index (χ3n) is 2.30. The fraction of sp³-hybridized carbons (Fsp3) is 0.0769. The van der Waals surface area contributed by atoms with Crippen molar-refractivity contribution in [3.05, 3.63) is 59.1 Å². The Morgan fingerprint density at radius 1 is 1.06 bits per heavy atom. The van der Waals surface area contributed by atoms with Crippen LogP contribution in [0, 0.1) is 0 Å². The van der Waals surface area contributed by atoms with Gasteiger partial charge < -0.3 is 11.1 Å². The number of hydrogen-bond donors (Lipinski definition) is 2. The Labute approximate surface area is 100 Å². The first-order valence-electron chi connectivity index (χ1n) is 5.08. The highest BCUT2D eigenvalue weighted by Crippen LogP contribution is 2.14. The van der Waals surface area contributed by atoms with Crippen molar-refractivity contribution in [3.8, 4) is 0 Å². The van der Waals surface area contributed by atoms with E-state index in [4.69, 9.17) is 17.3 Å². The molecule has 82 valence electrons. The Morgan fingerprint density at radius 3 is 2.50 bits per heavy atom. The van der Waals surface area contributed by atoms with Crippen molar-refractivity contribution in [3.63, 3.8) is 0 Å². The third-order valence-corrected chi connectivity index (χ3v) is 2.53. The number of halogens is 1. The van der Waals surface area contributed by atoms with E-state index in [1.165, 1.54) is 0 Å². The zero-order valence-corrected chi connectivity index (χ0v) is 9.54. The maximum absolute atomic E-state index is 5.90. The topological polar surface area (TPSA) is 38.0 Å². The molecule has 3 N–H and O–H groups in total. The highest BCUT2D eigenvalue weighted by Gasteiger charge is 1.95. The van der Waals surface area contributed by atoms with E-state index in [0.29, 0.717) is 0 Å². The molecule has 2 rings (SSSR count). The van der Waals surface area contributed by atoms with E-state index in [2.05, 4.69) is 5.32 Å². The van der Waals surface area contributed by atoms with Crippen LogP contribution >= 0.6 is 11.6 Å². The molecule has 2 aromatic carbocycles. The fourth-order valence-electron chi connectivity index (χ4n) is 1.45. The Bertz CT molecular complexity index is 466. The van der Waals surface area contributed by atoms with Gasteiger partial charge in [-0.3, -0.25) is 0 Å². The Morgan fingerprint density at radius 2 is 1.81 bits per heavy atom. The van der Waals surface area contributed by atoms with E-state index in [1.54, 1.807) is 0 Å². The van der Waals surface area contributed by atoms with Gasteiger partial charge in [0.15, 0.2) is 0 Å². The zero-order chi connectivity index (χ0) is 11.4. The number of rotatable bonds is 3. The molecule has 0 aliphatic rings. The van der Waals surface area contributed by atoms with Crippen LogP contribution in [0.25, 0.3) is 0 Å². The van der Waals surface area contributed by atoms with Crippen molar-refractivity contribution in [2.24, 2.45) is 0 Å².